The van der Waals surface area contributed by atoms with E-state index < -0.39 is 12.1 Å². The fourth-order valence-corrected chi connectivity index (χ4v) is 2.11. The zero-order chi connectivity index (χ0) is 11.4. The van der Waals surface area contributed by atoms with Crippen molar-refractivity contribution in [3.05, 3.63) is 0 Å². The number of carboxylic acid groups (broad SMARTS) is 1. The van der Waals surface area contributed by atoms with Crippen molar-refractivity contribution in [3.8, 4) is 0 Å². The highest BCUT2D eigenvalue weighted by molar-refractivity contribution is 5.70. The second-order valence-electron chi connectivity index (χ2n) is 4.57. The Bertz CT molecular complexity index is 218. The van der Waals surface area contributed by atoms with Gasteiger partial charge in [-0.05, 0) is 39.2 Å². The summed E-state index contributed by atoms with van der Waals surface area (Å²) in [6.45, 7) is 4.35. The Morgan fingerprint density at radius 1 is 1.47 bits per heavy atom. The molecule has 4 unspecified atom stereocenters. The predicted molar refractivity (Wildman–Crippen MR) is 57.6 cm³/mol. The molecule has 1 rings (SSSR count). The average Bonchev–Trinajstić information content (AvgIpc) is 2.61. The first-order chi connectivity index (χ1) is 7.02. The lowest BCUT2D eigenvalue weighted by atomic mass is 9.96. The summed E-state index contributed by atoms with van der Waals surface area (Å²) in [5.41, 5.74) is 0. The largest absolute Gasteiger partial charge is 0.481 e. The van der Waals surface area contributed by atoms with E-state index in [1.807, 2.05) is 6.92 Å². The molecule has 0 spiro atoms. The standard InChI is InChI=1S/C11H21NO3/c1-7(8(2)13)12-6-9-4-3-5-10(9)11(14)15/h7-10,12-13H,3-6H2,1-2H3,(H,14,15). The van der Waals surface area contributed by atoms with E-state index in [9.17, 15) is 9.90 Å². The molecule has 88 valence electrons. The van der Waals surface area contributed by atoms with Crippen LogP contribution < -0.4 is 5.32 Å². The molecule has 0 bridgehead atoms. The molecular formula is C11H21NO3. The minimum Gasteiger partial charge on any atom is -0.481 e. The quantitative estimate of drug-likeness (QED) is 0.636. The van der Waals surface area contributed by atoms with Crippen molar-refractivity contribution >= 4 is 5.97 Å². The molecule has 0 amide bonds. The van der Waals surface area contributed by atoms with E-state index in [2.05, 4.69) is 5.32 Å². The minimum absolute atomic E-state index is 0.0278. The van der Waals surface area contributed by atoms with Gasteiger partial charge in [0, 0.05) is 6.04 Å². The first-order valence-electron chi connectivity index (χ1n) is 5.66. The average molecular weight is 215 g/mol. The Labute approximate surface area is 90.7 Å². The van der Waals surface area contributed by atoms with Gasteiger partial charge in [-0.15, -0.1) is 0 Å². The topological polar surface area (TPSA) is 69.6 Å². The van der Waals surface area contributed by atoms with Crippen LogP contribution in [-0.2, 0) is 4.79 Å². The Morgan fingerprint density at radius 2 is 2.13 bits per heavy atom. The molecule has 4 atom stereocenters. The van der Waals surface area contributed by atoms with Gasteiger partial charge in [-0.2, -0.15) is 0 Å². The van der Waals surface area contributed by atoms with E-state index in [-0.39, 0.29) is 17.9 Å². The summed E-state index contributed by atoms with van der Waals surface area (Å²) in [6.07, 6.45) is 2.39. The lowest BCUT2D eigenvalue weighted by Crippen LogP contribution is -2.39. The number of hydrogen-bond donors (Lipinski definition) is 3. The fourth-order valence-electron chi connectivity index (χ4n) is 2.11. The Balaban J connectivity index is 2.34. The third-order valence-electron chi connectivity index (χ3n) is 3.40. The van der Waals surface area contributed by atoms with Crippen LogP contribution >= 0.6 is 0 Å². The van der Waals surface area contributed by atoms with Crippen molar-refractivity contribution in [2.24, 2.45) is 11.8 Å². The number of aliphatic hydroxyl groups excluding tert-OH is 1. The highest BCUT2D eigenvalue weighted by atomic mass is 16.4. The number of aliphatic hydroxyl groups is 1. The van der Waals surface area contributed by atoms with Crippen molar-refractivity contribution in [2.45, 2.75) is 45.3 Å². The summed E-state index contributed by atoms with van der Waals surface area (Å²) in [4.78, 5) is 10.9. The second-order valence-corrected chi connectivity index (χ2v) is 4.57. The Hall–Kier alpha value is -0.610. The van der Waals surface area contributed by atoms with Crippen LogP contribution in [0.1, 0.15) is 33.1 Å². The monoisotopic (exact) mass is 215 g/mol. The van der Waals surface area contributed by atoms with Crippen molar-refractivity contribution < 1.29 is 15.0 Å². The van der Waals surface area contributed by atoms with E-state index in [1.54, 1.807) is 6.92 Å². The lowest BCUT2D eigenvalue weighted by Gasteiger charge is -2.21. The molecule has 0 aliphatic heterocycles. The molecule has 0 aromatic carbocycles. The number of rotatable bonds is 5. The van der Waals surface area contributed by atoms with Crippen molar-refractivity contribution in [1.29, 1.82) is 0 Å². The van der Waals surface area contributed by atoms with Gasteiger partial charge in [0.2, 0.25) is 0 Å². The zero-order valence-corrected chi connectivity index (χ0v) is 9.44. The number of hydrogen-bond acceptors (Lipinski definition) is 3. The second kappa shape index (κ2) is 5.47. The first-order valence-corrected chi connectivity index (χ1v) is 5.66. The van der Waals surface area contributed by atoms with Crippen LogP contribution in [0, 0.1) is 11.8 Å². The van der Waals surface area contributed by atoms with Gasteiger partial charge < -0.3 is 15.5 Å². The minimum atomic E-state index is -0.677. The maximum atomic E-state index is 10.9. The predicted octanol–water partition coefficient (Wildman–Crippen LogP) is 0.846. The molecule has 4 nitrogen and oxygen atoms in total. The van der Waals surface area contributed by atoms with E-state index in [4.69, 9.17) is 5.11 Å². The molecule has 0 aromatic rings. The van der Waals surface area contributed by atoms with Crippen LogP contribution in [0.5, 0.6) is 0 Å². The number of aliphatic carboxylic acids is 1. The van der Waals surface area contributed by atoms with Gasteiger partial charge in [-0.25, -0.2) is 0 Å². The Kier molecular flexibility index (Phi) is 4.54. The molecule has 1 fully saturated rings. The van der Waals surface area contributed by atoms with Crippen LogP contribution in [-0.4, -0.2) is 34.9 Å². The van der Waals surface area contributed by atoms with Gasteiger partial charge >= 0.3 is 5.97 Å². The molecule has 3 N–H and O–H groups in total. The van der Waals surface area contributed by atoms with Crippen LogP contribution in [0.25, 0.3) is 0 Å². The van der Waals surface area contributed by atoms with Gasteiger partial charge in [0.05, 0.1) is 12.0 Å². The highest BCUT2D eigenvalue weighted by Gasteiger charge is 2.32. The fraction of sp³-hybridized carbons (Fsp3) is 0.909. The molecule has 1 aliphatic rings. The van der Waals surface area contributed by atoms with Gasteiger partial charge in [0.25, 0.3) is 0 Å². The third kappa shape index (κ3) is 3.47. The summed E-state index contributed by atoms with van der Waals surface area (Å²) in [5.74, 6) is -0.647. The van der Waals surface area contributed by atoms with Crippen LogP contribution in [0.15, 0.2) is 0 Å². The molecular weight excluding hydrogens is 194 g/mol. The smallest absolute Gasteiger partial charge is 0.306 e. The van der Waals surface area contributed by atoms with Crippen LogP contribution in [0.4, 0.5) is 0 Å². The van der Waals surface area contributed by atoms with Crippen molar-refractivity contribution in [3.63, 3.8) is 0 Å². The number of carbonyl (C=O) groups is 1. The molecule has 1 saturated carbocycles. The molecule has 0 heterocycles. The lowest BCUT2D eigenvalue weighted by molar-refractivity contribution is -0.142. The summed E-state index contributed by atoms with van der Waals surface area (Å²) >= 11 is 0. The molecule has 15 heavy (non-hydrogen) atoms. The normalized spacial score (nSPS) is 30.1. The molecule has 1 aliphatic carbocycles. The molecule has 0 radical (unpaired) electrons. The summed E-state index contributed by atoms with van der Waals surface area (Å²) in [6, 6.07) is 0.0278. The van der Waals surface area contributed by atoms with Crippen LogP contribution in [0.3, 0.4) is 0 Å². The molecule has 0 saturated heterocycles. The summed E-state index contributed by atoms with van der Waals surface area (Å²) in [5, 5.41) is 21.5. The molecule has 0 aromatic heterocycles. The van der Waals surface area contributed by atoms with Gasteiger partial charge in [-0.3, -0.25) is 4.79 Å². The van der Waals surface area contributed by atoms with Gasteiger partial charge in [0.1, 0.15) is 0 Å². The highest BCUT2D eigenvalue weighted by Crippen LogP contribution is 2.31. The van der Waals surface area contributed by atoms with Crippen LogP contribution in [0.2, 0.25) is 0 Å². The maximum Gasteiger partial charge on any atom is 0.306 e. The van der Waals surface area contributed by atoms with E-state index >= 15 is 0 Å². The third-order valence-corrected chi connectivity index (χ3v) is 3.40. The van der Waals surface area contributed by atoms with Gasteiger partial charge in [-0.1, -0.05) is 6.42 Å². The number of carboxylic acids is 1. The van der Waals surface area contributed by atoms with E-state index in [0.717, 1.165) is 19.3 Å². The summed E-state index contributed by atoms with van der Waals surface area (Å²) < 4.78 is 0. The zero-order valence-electron chi connectivity index (χ0n) is 9.44. The molecule has 4 heteroatoms. The summed E-state index contributed by atoms with van der Waals surface area (Å²) in [7, 11) is 0. The van der Waals surface area contributed by atoms with Crippen molar-refractivity contribution in [1.82, 2.24) is 5.32 Å². The van der Waals surface area contributed by atoms with E-state index in [1.165, 1.54) is 0 Å². The first kappa shape index (κ1) is 12.5. The maximum absolute atomic E-state index is 10.9. The number of nitrogens with one attached hydrogen (secondary N) is 1. The SMILES string of the molecule is CC(O)C(C)NCC1CCCC1C(=O)O. The Morgan fingerprint density at radius 3 is 2.67 bits per heavy atom. The van der Waals surface area contributed by atoms with E-state index in [0.29, 0.717) is 6.54 Å². The van der Waals surface area contributed by atoms with Gasteiger partial charge in [0.15, 0.2) is 0 Å². The van der Waals surface area contributed by atoms with Crippen molar-refractivity contribution in [2.75, 3.05) is 6.54 Å².